The Morgan fingerprint density at radius 2 is 2.54 bits per heavy atom. The van der Waals surface area contributed by atoms with Crippen LogP contribution in [0.25, 0.3) is 0 Å². The van der Waals surface area contributed by atoms with Gasteiger partial charge < -0.3 is 5.32 Å². The van der Waals surface area contributed by atoms with E-state index in [1.54, 1.807) is 6.92 Å². The maximum Gasteiger partial charge on any atom is 0.296 e. The molecule has 1 aromatic heterocycles. The molecule has 0 aliphatic rings. The Kier molecular flexibility index (Phi) is 3.09. The van der Waals surface area contributed by atoms with E-state index in [1.165, 1.54) is 0 Å². The molecule has 13 heavy (non-hydrogen) atoms. The molecule has 0 atom stereocenters. The van der Waals surface area contributed by atoms with Crippen LogP contribution in [0.3, 0.4) is 0 Å². The Morgan fingerprint density at radius 1 is 1.77 bits per heavy atom. The molecular formula is C9H11N3O. The number of carbonyl (C=O) groups excluding carboxylic acids is 1. The van der Waals surface area contributed by atoms with Crippen LogP contribution in [0.5, 0.6) is 0 Å². The fourth-order valence-electron chi connectivity index (χ4n) is 0.894. The van der Waals surface area contributed by atoms with Crippen molar-refractivity contribution in [2.24, 2.45) is 0 Å². The minimum Gasteiger partial charge on any atom is -0.340 e. The molecule has 4 nitrogen and oxygen atoms in total. The normalized spacial score (nSPS) is 8.77. The third-order valence-electron chi connectivity index (χ3n) is 1.43. The van der Waals surface area contributed by atoms with E-state index in [-0.39, 0.29) is 5.91 Å². The molecule has 0 saturated heterocycles. The predicted molar refractivity (Wildman–Crippen MR) is 48.6 cm³/mol. The molecule has 0 unspecified atom stereocenters. The number of aryl methyl sites for hydroxylation is 1. The number of carbonyl (C=O) groups is 1. The van der Waals surface area contributed by atoms with E-state index in [2.05, 4.69) is 27.4 Å². The van der Waals surface area contributed by atoms with Crippen molar-refractivity contribution in [2.75, 3.05) is 0 Å². The minimum absolute atomic E-state index is 0.275. The van der Waals surface area contributed by atoms with Crippen LogP contribution in [0.2, 0.25) is 0 Å². The van der Waals surface area contributed by atoms with Crippen molar-refractivity contribution in [1.29, 1.82) is 0 Å². The first-order valence-electron chi connectivity index (χ1n) is 3.94. The van der Waals surface area contributed by atoms with E-state index in [4.69, 9.17) is 0 Å². The van der Waals surface area contributed by atoms with Gasteiger partial charge >= 0.3 is 0 Å². The Morgan fingerprint density at radius 3 is 3.08 bits per heavy atom. The first kappa shape index (κ1) is 9.33. The van der Waals surface area contributed by atoms with Crippen molar-refractivity contribution < 1.29 is 4.79 Å². The van der Waals surface area contributed by atoms with Crippen molar-refractivity contribution >= 4 is 5.91 Å². The van der Waals surface area contributed by atoms with E-state index in [0.717, 1.165) is 11.4 Å². The van der Waals surface area contributed by atoms with Crippen LogP contribution >= 0.6 is 0 Å². The lowest BCUT2D eigenvalue weighted by molar-refractivity contribution is -0.115. The highest BCUT2D eigenvalue weighted by Crippen LogP contribution is 1.95. The lowest BCUT2D eigenvalue weighted by Gasteiger charge is -1.94. The van der Waals surface area contributed by atoms with Gasteiger partial charge in [0.25, 0.3) is 5.91 Å². The van der Waals surface area contributed by atoms with Crippen LogP contribution in [0.4, 0.5) is 0 Å². The summed E-state index contributed by atoms with van der Waals surface area (Å²) >= 11 is 0. The van der Waals surface area contributed by atoms with Crippen molar-refractivity contribution in [3.63, 3.8) is 0 Å². The van der Waals surface area contributed by atoms with Crippen LogP contribution in [0.1, 0.15) is 18.3 Å². The summed E-state index contributed by atoms with van der Waals surface area (Å²) in [5, 5.41) is 9.37. The van der Waals surface area contributed by atoms with E-state index < -0.39 is 0 Å². The fraction of sp³-hybridized carbons (Fsp3) is 0.333. The summed E-state index contributed by atoms with van der Waals surface area (Å²) in [5.74, 6) is 4.63. The number of rotatable bonds is 2. The number of amides is 1. The molecule has 1 amide bonds. The zero-order valence-electron chi connectivity index (χ0n) is 7.64. The lowest BCUT2D eigenvalue weighted by atomic mass is 10.3. The quantitative estimate of drug-likeness (QED) is 0.641. The third-order valence-corrected chi connectivity index (χ3v) is 1.43. The highest BCUT2D eigenvalue weighted by atomic mass is 16.1. The van der Waals surface area contributed by atoms with Crippen LogP contribution in [-0.2, 0) is 11.3 Å². The number of aromatic nitrogens is 2. The van der Waals surface area contributed by atoms with Crippen molar-refractivity contribution in [3.05, 3.63) is 17.5 Å². The van der Waals surface area contributed by atoms with E-state index in [9.17, 15) is 4.79 Å². The van der Waals surface area contributed by atoms with Gasteiger partial charge in [0, 0.05) is 5.69 Å². The Balaban J connectivity index is 2.42. The lowest BCUT2D eigenvalue weighted by Crippen LogP contribution is -2.20. The first-order chi connectivity index (χ1) is 6.22. The van der Waals surface area contributed by atoms with Crippen molar-refractivity contribution in [1.82, 2.24) is 15.5 Å². The first-order valence-corrected chi connectivity index (χ1v) is 3.94. The molecule has 0 bridgehead atoms. The molecule has 1 heterocycles. The second kappa shape index (κ2) is 4.31. The third kappa shape index (κ3) is 2.99. The van der Waals surface area contributed by atoms with Gasteiger partial charge in [-0.15, -0.1) is 0 Å². The monoisotopic (exact) mass is 177 g/mol. The largest absolute Gasteiger partial charge is 0.340 e. The Hall–Kier alpha value is -1.76. The average molecular weight is 177 g/mol. The van der Waals surface area contributed by atoms with Crippen LogP contribution < -0.4 is 5.32 Å². The molecule has 0 saturated carbocycles. The molecule has 4 heteroatoms. The number of hydrogen-bond acceptors (Lipinski definition) is 2. The van der Waals surface area contributed by atoms with Gasteiger partial charge in [-0.3, -0.25) is 9.89 Å². The molecule has 0 spiro atoms. The van der Waals surface area contributed by atoms with Gasteiger partial charge in [-0.25, -0.2) is 0 Å². The molecule has 1 rings (SSSR count). The average Bonchev–Trinajstić information content (AvgIpc) is 2.49. The van der Waals surface area contributed by atoms with E-state index in [0.29, 0.717) is 6.54 Å². The molecule has 1 aromatic rings. The SMILES string of the molecule is CC#CC(=O)NCc1cc(C)[nH]n1. The van der Waals surface area contributed by atoms with Crippen LogP contribution in [-0.4, -0.2) is 16.1 Å². The highest BCUT2D eigenvalue weighted by molar-refractivity contribution is 5.93. The van der Waals surface area contributed by atoms with Crippen molar-refractivity contribution in [3.8, 4) is 11.8 Å². The summed E-state index contributed by atoms with van der Waals surface area (Å²) in [4.78, 5) is 10.9. The highest BCUT2D eigenvalue weighted by Gasteiger charge is 1.99. The predicted octanol–water partition coefficient (Wildman–Crippen LogP) is 0.358. The molecule has 0 aliphatic carbocycles. The fourth-order valence-corrected chi connectivity index (χ4v) is 0.894. The molecule has 2 N–H and O–H groups in total. The summed E-state index contributed by atoms with van der Waals surface area (Å²) in [6.07, 6.45) is 0. The zero-order chi connectivity index (χ0) is 9.68. The molecule has 0 aromatic carbocycles. The summed E-state index contributed by atoms with van der Waals surface area (Å²) < 4.78 is 0. The van der Waals surface area contributed by atoms with Gasteiger partial charge in [0.1, 0.15) is 0 Å². The number of nitrogens with one attached hydrogen (secondary N) is 2. The maximum absolute atomic E-state index is 10.9. The second-order valence-corrected chi connectivity index (χ2v) is 2.60. The van der Waals surface area contributed by atoms with Gasteiger partial charge in [0.15, 0.2) is 0 Å². The minimum atomic E-state index is -0.275. The van der Waals surface area contributed by atoms with Gasteiger partial charge in [0.05, 0.1) is 12.2 Å². The Labute approximate surface area is 76.7 Å². The van der Waals surface area contributed by atoms with Gasteiger partial charge in [-0.2, -0.15) is 5.10 Å². The molecule has 0 aliphatic heterocycles. The summed E-state index contributed by atoms with van der Waals surface area (Å²) in [6, 6.07) is 1.87. The molecule has 0 fully saturated rings. The smallest absolute Gasteiger partial charge is 0.296 e. The summed E-state index contributed by atoms with van der Waals surface area (Å²) in [5.41, 5.74) is 1.79. The van der Waals surface area contributed by atoms with Gasteiger partial charge in [0.2, 0.25) is 0 Å². The summed E-state index contributed by atoms with van der Waals surface area (Å²) in [6.45, 7) is 3.94. The second-order valence-electron chi connectivity index (χ2n) is 2.60. The zero-order valence-corrected chi connectivity index (χ0v) is 7.64. The van der Waals surface area contributed by atoms with Gasteiger partial charge in [-0.1, -0.05) is 5.92 Å². The number of hydrogen-bond donors (Lipinski definition) is 2. The summed E-state index contributed by atoms with van der Waals surface area (Å²) in [7, 11) is 0. The molecule has 68 valence electrons. The van der Waals surface area contributed by atoms with Crippen LogP contribution in [0, 0.1) is 18.8 Å². The van der Waals surface area contributed by atoms with Crippen molar-refractivity contribution in [2.45, 2.75) is 20.4 Å². The topological polar surface area (TPSA) is 57.8 Å². The Bertz CT molecular complexity index is 356. The van der Waals surface area contributed by atoms with Crippen LogP contribution in [0.15, 0.2) is 6.07 Å². The standard InChI is InChI=1S/C9H11N3O/c1-3-4-9(13)10-6-8-5-7(2)11-12-8/h5H,6H2,1-2H3,(H,10,13)(H,11,12). The van der Waals surface area contributed by atoms with E-state index in [1.807, 2.05) is 13.0 Å². The maximum atomic E-state index is 10.9. The molecule has 0 radical (unpaired) electrons. The van der Waals surface area contributed by atoms with Gasteiger partial charge in [-0.05, 0) is 25.8 Å². The number of H-pyrrole nitrogens is 1. The van der Waals surface area contributed by atoms with E-state index >= 15 is 0 Å². The number of aromatic amines is 1. The molecular weight excluding hydrogens is 166 g/mol. The number of nitrogens with zero attached hydrogens (tertiary/aromatic N) is 1.